The molecule has 0 N–H and O–H groups in total. The van der Waals surface area contributed by atoms with E-state index in [0.717, 1.165) is 19.3 Å². The van der Waals surface area contributed by atoms with Gasteiger partial charge in [-0.2, -0.15) is 0 Å². The molecule has 0 amide bonds. The van der Waals surface area contributed by atoms with Crippen molar-refractivity contribution in [3.63, 3.8) is 0 Å². The third kappa shape index (κ3) is 3.60. The fraction of sp³-hybridized carbons (Fsp3) is 0.923. The number of Topliss-reactive ketones (excluding diaryl/α,β-unsaturated/α-hetero) is 1. The molecule has 2 saturated carbocycles. The summed E-state index contributed by atoms with van der Waals surface area (Å²) in [6, 6.07) is 0. The van der Waals surface area contributed by atoms with Gasteiger partial charge in [-0.1, -0.05) is 25.7 Å². The van der Waals surface area contributed by atoms with E-state index >= 15 is 0 Å². The molecule has 2 aliphatic carbocycles. The van der Waals surface area contributed by atoms with Gasteiger partial charge >= 0.3 is 0 Å². The lowest BCUT2D eigenvalue weighted by Crippen LogP contribution is -2.25. The fourth-order valence-corrected chi connectivity index (χ4v) is 2.74. The first-order valence-corrected chi connectivity index (χ1v) is 6.52. The number of ether oxygens (including phenoxy) is 1. The van der Waals surface area contributed by atoms with Crippen LogP contribution >= 0.6 is 0 Å². The second kappa shape index (κ2) is 5.64. The van der Waals surface area contributed by atoms with Crippen molar-refractivity contribution < 1.29 is 9.53 Å². The van der Waals surface area contributed by atoms with E-state index in [0.29, 0.717) is 18.3 Å². The van der Waals surface area contributed by atoms with E-state index in [1.165, 1.54) is 38.5 Å². The molecular formula is C13H22O2. The van der Waals surface area contributed by atoms with Crippen LogP contribution in [0.15, 0.2) is 0 Å². The van der Waals surface area contributed by atoms with Crippen LogP contribution in [-0.2, 0) is 9.53 Å². The quantitative estimate of drug-likeness (QED) is 0.654. The molecule has 15 heavy (non-hydrogen) atoms. The molecule has 86 valence electrons. The van der Waals surface area contributed by atoms with Crippen LogP contribution in [0.25, 0.3) is 0 Å². The summed E-state index contributed by atoms with van der Waals surface area (Å²) in [5.74, 6) is 0.410. The van der Waals surface area contributed by atoms with Gasteiger partial charge in [-0.05, 0) is 25.7 Å². The molecule has 0 spiro atoms. The first kappa shape index (κ1) is 11.1. The van der Waals surface area contributed by atoms with Gasteiger partial charge in [0.15, 0.2) is 0 Å². The van der Waals surface area contributed by atoms with Crippen LogP contribution < -0.4 is 0 Å². The predicted molar refractivity (Wildman–Crippen MR) is 59.8 cm³/mol. The minimum atomic E-state index is 0.239. The summed E-state index contributed by atoms with van der Waals surface area (Å²) < 4.78 is 6.06. The molecule has 0 aliphatic heterocycles. The van der Waals surface area contributed by atoms with Crippen LogP contribution in [0.1, 0.15) is 64.2 Å². The highest BCUT2D eigenvalue weighted by atomic mass is 16.5. The molecule has 0 saturated heterocycles. The second-order valence-corrected chi connectivity index (χ2v) is 5.01. The topological polar surface area (TPSA) is 26.3 Å². The Morgan fingerprint density at radius 1 is 0.867 bits per heavy atom. The number of carbonyl (C=O) groups excluding carboxylic acids is 1. The fourth-order valence-electron chi connectivity index (χ4n) is 2.74. The number of hydrogen-bond acceptors (Lipinski definition) is 2. The van der Waals surface area contributed by atoms with Gasteiger partial charge in [0.25, 0.3) is 0 Å². The molecule has 0 aromatic rings. The number of rotatable bonds is 2. The summed E-state index contributed by atoms with van der Waals surface area (Å²) in [5.41, 5.74) is 0. The Morgan fingerprint density at radius 2 is 1.53 bits per heavy atom. The molecule has 2 nitrogen and oxygen atoms in total. The van der Waals surface area contributed by atoms with E-state index in [2.05, 4.69) is 0 Å². The minimum Gasteiger partial charge on any atom is -0.375 e. The largest absolute Gasteiger partial charge is 0.375 e. The second-order valence-electron chi connectivity index (χ2n) is 5.01. The van der Waals surface area contributed by atoms with Gasteiger partial charge in [-0.25, -0.2) is 0 Å². The third-order valence-electron chi connectivity index (χ3n) is 3.62. The van der Waals surface area contributed by atoms with E-state index in [1.807, 2.05) is 0 Å². The lowest BCUT2D eigenvalue weighted by Gasteiger charge is -2.26. The summed E-state index contributed by atoms with van der Waals surface area (Å²) in [6.07, 6.45) is 11.9. The highest BCUT2D eigenvalue weighted by Crippen LogP contribution is 2.25. The Labute approximate surface area is 92.4 Å². The zero-order chi connectivity index (χ0) is 10.5. The van der Waals surface area contributed by atoms with Crippen molar-refractivity contribution >= 4 is 5.78 Å². The molecule has 0 aromatic carbocycles. The molecule has 2 aliphatic rings. The highest BCUT2D eigenvalue weighted by Gasteiger charge is 2.22. The highest BCUT2D eigenvalue weighted by molar-refractivity contribution is 5.79. The van der Waals surface area contributed by atoms with Gasteiger partial charge in [0.05, 0.1) is 12.2 Å². The SMILES string of the molecule is O=C1CCCCC(OC2CCCCC2)C1. The van der Waals surface area contributed by atoms with Gasteiger partial charge in [0, 0.05) is 12.8 Å². The van der Waals surface area contributed by atoms with Crippen molar-refractivity contribution in [1.82, 2.24) is 0 Å². The third-order valence-corrected chi connectivity index (χ3v) is 3.62. The first-order chi connectivity index (χ1) is 7.34. The predicted octanol–water partition coefficient (Wildman–Crippen LogP) is 3.24. The molecule has 2 fully saturated rings. The summed E-state index contributed by atoms with van der Waals surface area (Å²) in [7, 11) is 0. The number of carbonyl (C=O) groups is 1. The number of hydrogen-bond donors (Lipinski definition) is 0. The Kier molecular flexibility index (Phi) is 4.18. The van der Waals surface area contributed by atoms with Crippen molar-refractivity contribution in [3.8, 4) is 0 Å². The van der Waals surface area contributed by atoms with Gasteiger partial charge in [0.2, 0.25) is 0 Å². The average molecular weight is 210 g/mol. The van der Waals surface area contributed by atoms with Crippen LogP contribution in [0, 0.1) is 0 Å². The van der Waals surface area contributed by atoms with Crippen LogP contribution in [-0.4, -0.2) is 18.0 Å². The molecule has 0 aromatic heterocycles. The summed E-state index contributed by atoms with van der Waals surface area (Å²) >= 11 is 0. The molecule has 2 rings (SSSR count). The van der Waals surface area contributed by atoms with Crippen molar-refractivity contribution in [1.29, 1.82) is 0 Å². The molecule has 2 heteroatoms. The van der Waals surface area contributed by atoms with E-state index in [-0.39, 0.29) is 6.10 Å². The van der Waals surface area contributed by atoms with Gasteiger partial charge in [0.1, 0.15) is 5.78 Å². The van der Waals surface area contributed by atoms with Crippen molar-refractivity contribution in [2.75, 3.05) is 0 Å². The maximum Gasteiger partial charge on any atom is 0.135 e. The van der Waals surface area contributed by atoms with Gasteiger partial charge < -0.3 is 4.74 Å². The van der Waals surface area contributed by atoms with Crippen LogP contribution in [0.5, 0.6) is 0 Å². The zero-order valence-electron chi connectivity index (χ0n) is 9.54. The van der Waals surface area contributed by atoms with E-state index < -0.39 is 0 Å². The molecule has 1 unspecified atom stereocenters. The van der Waals surface area contributed by atoms with Crippen LogP contribution in [0.2, 0.25) is 0 Å². The van der Waals surface area contributed by atoms with E-state index in [4.69, 9.17) is 4.74 Å². The maximum absolute atomic E-state index is 11.5. The number of ketones is 1. The zero-order valence-corrected chi connectivity index (χ0v) is 9.54. The molecule has 0 bridgehead atoms. The van der Waals surface area contributed by atoms with Gasteiger partial charge in [-0.3, -0.25) is 4.79 Å². The Balaban J connectivity index is 1.78. The first-order valence-electron chi connectivity index (χ1n) is 6.52. The summed E-state index contributed by atoms with van der Waals surface area (Å²) in [4.78, 5) is 11.5. The lowest BCUT2D eigenvalue weighted by atomic mass is 9.97. The van der Waals surface area contributed by atoms with Crippen molar-refractivity contribution in [2.24, 2.45) is 0 Å². The maximum atomic E-state index is 11.5. The lowest BCUT2D eigenvalue weighted by molar-refractivity contribution is -0.122. The molecule has 0 radical (unpaired) electrons. The minimum absolute atomic E-state index is 0.239. The Morgan fingerprint density at radius 3 is 2.33 bits per heavy atom. The summed E-state index contributed by atoms with van der Waals surface area (Å²) in [6.45, 7) is 0. The van der Waals surface area contributed by atoms with Crippen molar-refractivity contribution in [3.05, 3.63) is 0 Å². The van der Waals surface area contributed by atoms with Crippen LogP contribution in [0.3, 0.4) is 0 Å². The molecule has 0 heterocycles. The normalized spacial score (nSPS) is 30.1. The monoisotopic (exact) mass is 210 g/mol. The van der Waals surface area contributed by atoms with Crippen molar-refractivity contribution in [2.45, 2.75) is 76.4 Å². The summed E-state index contributed by atoms with van der Waals surface area (Å²) in [5, 5.41) is 0. The standard InChI is InChI=1S/C13H22O2/c14-11-6-4-5-9-13(10-11)15-12-7-2-1-3-8-12/h12-13H,1-10H2. The smallest absolute Gasteiger partial charge is 0.135 e. The van der Waals surface area contributed by atoms with E-state index in [1.54, 1.807) is 0 Å². The Bertz CT molecular complexity index is 207. The van der Waals surface area contributed by atoms with Gasteiger partial charge in [-0.15, -0.1) is 0 Å². The molecule has 1 atom stereocenters. The average Bonchev–Trinajstić information content (AvgIpc) is 2.44. The Hall–Kier alpha value is -0.370. The molecular weight excluding hydrogens is 188 g/mol. The van der Waals surface area contributed by atoms with E-state index in [9.17, 15) is 4.79 Å². The van der Waals surface area contributed by atoms with Crippen LogP contribution in [0.4, 0.5) is 0 Å².